The minimum Gasteiger partial charge on any atom is -0.454 e. The van der Waals surface area contributed by atoms with Gasteiger partial charge in [0, 0.05) is 12.2 Å². The van der Waals surface area contributed by atoms with Gasteiger partial charge in [-0.25, -0.2) is 0 Å². The maximum Gasteiger partial charge on any atom is 0.257 e. The highest BCUT2D eigenvalue weighted by Gasteiger charge is 2.33. The fraction of sp³-hybridized carbons (Fsp3) is 0.174. The molecule has 0 saturated heterocycles. The molecule has 3 aromatic carbocycles. The van der Waals surface area contributed by atoms with Crippen molar-refractivity contribution in [3.8, 4) is 11.5 Å². The van der Waals surface area contributed by atoms with E-state index in [0.29, 0.717) is 17.9 Å². The van der Waals surface area contributed by atoms with Crippen molar-refractivity contribution < 1.29 is 14.3 Å². The third-order valence-electron chi connectivity index (χ3n) is 5.22. The van der Waals surface area contributed by atoms with Crippen molar-refractivity contribution in [1.29, 1.82) is 0 Å². The van der Waals surface area contributed by atoms with Crippen LogP contribution < -0.4 is 14.8 Å². The molecule has 0 radical (unpaired) electrons. The first-order valence-corrected chi connectivity index (χ1v) is 9.39. The zero-order chi connectivity index (χ0) is 18.9. The highest BCUT2D eigenvalue weighted by atomic mass is 16.7. The average molecular weight is 372 g/mol. The van der Waals surface area contributed by atoms with Crippen LogP contribution >= 0.6 is 0 Å². The van der Waals surface area contributed by atoms with Crippen LogP contribution in [0.1, 0.15) is 27.7 Å². The van der Waals surface area contributed by atoms with Crippen LogP contribution in [0.2, 0.25) is 0 Å². The van der Waals surface area contributed by atoms with E-state index in [9.17, 15) is 4.79 Å². The summed E-state index contributed by atoms with van der Waals surface area (Å²) in [6.07, 6.45) is 0.526. The Bertz CT molecular complexity index is 1020. The molecule has 3 aromatic rings. The molecule has 2 heterocycles. The summed E-state index contributed by atoms with van der Waals surface area (Å²) in [5.74, 6) is 1.49. The van der Waals surface area contributed by atoms with Crippen LogP contribution in [0.15, 0.2) is 72.8 Å². The van der Waals surface area contributed by atoms with E-state index in [1.165, 1.54) is 5.56 Å². The lowest BCUT2D eigenvalue weighted by molar-refractivity contribution is 0.0685. The van der Waals surface area contributed by atoms with Gasteiger partial charge in [-0.1, -0.05) is 48.5 Å². The molecular formula is C23H20N2O3. The number of anilines is 1. The van der Waals surface area contributed by atoms with Crippen molar-refractivity contribution in [3.05, 3.63) is 89.5 Å². The smallest absolute Gasteiger partial charge is 0.257 e. The van der Waals surface area contributed by atoms with Crippen molar-refractivity contribution in [2.24, 2.45) is 0 Å². The van der Waals surface area contributed by atoms with Gasteiger partial charge in [0.2, 0.25) is 6.79 Å². The molecule has 140 valence electrons. The van der Waals surface area contributed by atoms with Gasteiger partial charge in [0.15, 0.2) is 11.5 Å². The average Bonchev–Trinajstić information content (AvgIpc) is 3.21. The van der Waals surface area contributed by atoms with E-state index in [4.69, 9.17) is 9.47 Å². The Morgan fingerprint density at radius 3 is 2.61 bits per heavy atom. The minimum absolute atomic E-state index is 0.0351. The largest absolute Gasteiger partial charge is 0.454 e. The molecule has 2 aliphatic rings. The number of nitrogens with zero attached hydrogens (tertiary/aromatic N) is 1. The Morgan fingerprint density at radius 2 is 1.71 bits per heavy atom. The Morgan fingerprint density at radius 1 is 0.929 bits per heavy atom. The van der Waals surface area contributed by atoms with E-state index >= 15 is 0 Å². The van der Waals surface area contributed by atoms with Crippen LogP contribution in [-0.4, -0.2) is 24.1 Å². The molecule has 28 heavy (non-hydrogen) atoms. The van der Waals surface area contributed by atoms with Crippen molar-refractivity contribution in [3.63, 3.8) is 0 Å². The summed E-state index contributed by atoms with van der Waals surface area (Å²) in [7, 11) is 0. The molecule has 0 fully saturated rings. The number of hydrogen-bond donors (Lipinski definition) is 1. The first-order valence-electron chi connectivity index (χ1n) is 9.39. The monoisotopic (exact) mass is 372 g/mol. The number of ether oxygens (including phenoxy) is 2. The van der Waals surface area contributed by atoms with Crippen molar-refractivity contribution >= 4 is 11.6 Å². The third kappa shape index (κ3) is 2.95. The van der Waals surface area contributed by atoms with Crippen LogP contribution in [0.5, 0.6) is 11.5 Å². The molecule has 0 saturated carbocycles. The first kappa shape index (κ1) is 16.7. The predicted octanol–water partition coefficient (Wildman–Crippen LogP) is 4.22. The highest BCUT2D eigenvalue weighted by Crippen LogP contribution is 2.38. The molecule has 0 bridgehead atoms. The van der Waals surface area contributed by atoms with Crippen LogP contribution in [0.3, 0.4) is 0 Å². The SMILES string of the molecule is O=C1c2ccccc2NC(c2ccc3c(c2)OCO3)N1CCc1ccccc1. The standard InChI is InChI=1S/C23H20N2O3/c26-23-18-8-4-5-9-19(18)24-22(17-10-11-20-21(14-17)28-15-27-20)25(23)13-12-16-6-2-1-3-7-16/h1-11,14,22,24H,12-13,15H2. The van der Waals surface area contributed by atoms with Gasteiger partial charge in [0.25, 0.3) is 5.91 Å². The third-order valence-corrected chi connectivity index (χ3v) is 5.22. The molecule has 0 spiro atoms. The molecule has 2 aliphatic heterocycles. The lowest BCUT2D eigenvalue weighted by atomic mass is 10.0. The maximum atomic E-state index is 13.3. The number of amides is 1. The second kappa shape index (κ2) is 6.93. The van der Waals surface area contributed by atoms with Crippen molar-refractivity contribution in [2.75, 3.05) is 18.7 Å². The molecule has 0 aliphatic carbocycles. The van der Waals surface area contributed by atoms with E-state index in [1.807, 2.05) is 65.6 Å². The van der Waals surface area contributed by atoms with Gasteiger partial charge < -0.3 is 19.7 Å². The quantitative estimate of drug-likeness (QED) is 0.745. The summed E-state index contributed by atoms with van der Waals surface area (Å²) < 4.78 is 11.0. The van der Waals surface area contributed by atoms with E-state index in [2.05, 4.69) is 17.4 Å². The van der Waals surface area contributed by atoms with E-state index < -0.39 is 0 Å². The fourth-order valence-corrected chi connectivity index (χ4v) is 3.76. The lowest BCUT2D eigenvalue weighted by Crippen LogP contribution is -2.43. The maximum absolute atomic E-state index is 13.3. The fourth-order valence-electron chi connectivity index (χ4n) is 3.76. The van der Waals surface area contributed by atoms with Crippen LogP contribution in [-0.2, 0) is 6.42 Å². The molecule has 5 heteroatoms. The molecule has 1 unspecified atom stereocenters. The number of benzene rings is 3. The van der Waals surface area contributed by atoms with E-state index in [0.717, 1.165) is 23.4 Å². The van der Waals surface area contributed by atoms with Gasteiger partial charge in [0.05, 0.1) is 5.56 Å². The normalized spacial score (nSPS) is 17.2. The first-order chi connectivity index (χ1) is 13.8. The van der Waals surface area contributed by atoms with Crippen LogP contribution in [0, 0.1) is 0 Å². The van der Waals surface area contributed by atoms with Gasteiger partial charge >= 0.3 is 0 Å². The molecule has 5 rings (SSSR count). The number of para-hydroxylation sites is 1. The number of carbonyl (C=O) groups excluding carboxylic acids is 1. The van der Waals surface area contributed by atoms with Crippen LogP contribution in [0.25, 0.3) is 0 Å². The number of carbonyl (C=O) groups is 1. The summed E-state index contributed by atoms with van der Waals surface area (Å²) in [6.45, 7) is 0.847. The summed E-state index contributed by atoms with van der Waals surface area (Å²) in [6, 6.07) is 23.7. The second-order valence-corrected chi connectivity index (χ2v) is 6.94. The van der Waals surface area contributed by atoms with Gasteiger partial charge in [-0.05, 0) is 41.8 Å². The van der Waals surface area contributed by atoms with E-state index in [-0.39, 0.29) is 18.9 Å². The minimum atomic E-state index is -0.263. The van der Waals surface area contributed by atoms with Gasteiger partial charge in [-0.3, -0.25) is 4.79 Å². The second-order valence-electron chi connectivity index (χ2n) is 6.94. The number of rotatable bonds is 4. The van der Waals surface area contributed by atoms with Crippen molar-refractivity contribution in [1.82, 2.24) is 4.90 Å². The molecule has 1 N–H and O–H groups in total. The van der Waals surface area contributed by atoms with Gasteiger partial charge in [-0.15, -0.1) is 0 Å². The summed E-state index contributed by atoms with van der Waals surface area (Å²) in [4.78, 5) is 15.2. The Balaban J connectivity index is 1.49. The lowest BCUT2D eigenvalue weighted by Gasteiger charge is -2.38. The summed E-state index contributed by atoms with van der Waals surface area (Å²) in [5.41, 5.74) is 3.73. The Labute approximate surface area is 163 Å². The zero-order valence-corrected chi connectivity index (χ0v) is 15.3. The van der Waals surface area contributed by atoms with Gasteiger partial charge in [0.1, 0.15) is 6.17 Å². The van der Waals surface area contributed by atoms with Gasteiger partial charge in [-0.2, -0.15) is 0 Å². The zero-order valence-electron chi connectivity index (χ0n) is 15.3. The summed E-state index contributed by atoms with van der Waals surface area (Å²) in [5, 5.41) is 3.53. The Kier molecular flexibility index (Phi) is 4.13. The topological polar surface area (TPSA) is 50.8 Å². The molecule has 1 atom stereocenters. The number of hydrogen-bond acceptors (Lipinski definition) is 4. The van der Waals surface area contributed by atoms with E-state index in [1.54, 1.807) is 0 Å². The molecule has 1 amide bonds. The number of nitrogens with one attached hydrogen (secondary N) is 1. The van der Waals surface area contributed by atoms with Crippen LogP contribution in [0.4, 0.5) is 5.69 Å². The van der Waals surface area contributed by atoms with Crippen molar-refractivity contribution in [2.45, 2.75) is 12.6 Å². The Hall–Kier alpha value is -3.47. The molecular weight excluding hydrogens is 352 g/mol. The molecule has 0 aromatic heterocycles. The highest BCUT2D eigenvalue weighted by molar-refractivity contribution is 6.01. The number of fused-ring (bicyclic) bond motifs is 2. The molecule has 5 nitrogen and oxygen atoms in total. The summed E-state index contributed by atoms with van der Waals surface area (Å²) >= 11 is 0. The predicted molar refractivity (Wildman–Crippen MR) is 107 cm³/mol.